The summed E-state index contributed by atoms with van der Waals surface area (Å²) in [7, 11) is 0. The Morgan fingerprint density at radius 3 is 1.96 bits per heavy atom. The molecule has 0 heterocycles. The smallest absolute Gasteiger partial charge is 0.120 e. The maximum absolute atomic E-state index is 5.92. The molecule has 0 aliphatic rings. The normalized spacial score (nSPS) is 12.8. The van der Waals surface area contributed by atoms with Gasteiger partial charge in [0, 0.05) is 63.7 Å². The van der Waals surface area contributed by atoms with Gasteiger partial charge < -0.3 is 0 Å². The first kappa shape index (κ1) is 44.6. The molecular formula is C49H59. The summed E-state index contributed by atoms with van der Waals surface area (Å²) in [6.45, 7) is 18.5. The van der Waals surface area contributed by atoms with Gasteiger partial charge in [-0.1, -0.05) is 96.3 Å². The molecule has 0 aromatic carbocycles. The van der Waals surface area contributed by atoms with Crippen LogP contribution in [0.1, 0.15) is 159 Å². The van der Waals surface area contributed by atoms with Crippen molar-refractivity contribution in [3.63, 3.8) is 0 Å². The molecule has 3 unspecified atom stereocenters. The fourth-order valence-corrected chi connectivity index (χ4v) is 5.42. The molecule has 0 aromatic rings. The first-order valence-electron chi connectivity index (χ1n) is 18.4. The molecule has 0 spiro atoms. The summed E-state index contributed by atoms with van der Waals surface area (Å²) in [6, 6.07) is 0. The van der Waals surface area contributed by atoms with Gasteiger partial charge in [0.15, 0.2) is 0 Å². The second-order valence-electron chi connectivity index (χ2n) is 12.2. The Balaban J connectivity index is 9.33. The van der Waals surface area contributed by atoms with Crippen LogP contribution in [0.15, 0.2) is 0 Å². The molecule has 3 atom stereocenters. The lowest BCUT2D eigenvalue weighted by atomic mass is 9.44. The number of unbranched alkanes of at least 4 members (excludes halogenated alkanes) is 5. The minimum absolute atomic E-state index is 0.0964. The Hall–Kier alpha value is -4.40. The summed E-state index contributed by atoms with van der Waals surface area (Å²) in [5, 5.41) is 0. The number of rotatable bonds is 13. The van der Waals surface area contributed by atoms with Crippen molar-refractivity contribution in [3.05, 3.63) is 5.92 Å². The summed E-state index contributed by atoms with van der Waals surface area (Å²) >= 11 is 0. The second-order valence-corrected chi connectivity index (χ2v) is 12.2. The van der Waals surface area contributed by atoms with Crippen molar-refractivity contribution in [2.45, 2.75) is 159 Å². The number of hydrogen-bond donors (Lipinski definition) is 0. The highest BCUT2D eigenvalue weighted by Gasteiger charge is 2.63. The zero-order valence-corrected chi connectivity index (χ0v) is 32.3. The molecule has 0 aliphatic carbocycles. The zero-order chi connectivity index (χ0) is 36.7. The fourth-order valence-electron chi connectivity index (χ4n) is 5.42. The number of hydrogen-bond acceptors (Lipinski definition) is 0. The molecule has 0 saturated carbocycles. The van der Waals surface area contributed by atoms with Crippen molar-refractivity contribution >= 4 is 0 Å². The highest BCUT2D eigenvalue weighted by Crippen LogP contribution is 2.62. The lowest BCUT2D eigenvalue weighted by Gasteiger charge is -2.53. The van der Waals surface area contributed by atoms with Crippen molar-refractivity contribution in [2.24, 2.45) is 22.2 Å². The minimum Gasteiger partial charge on any atom is -0.120 e. The first-order chi connectivity index (χ1) is 23.8. The summed E-state index contributed by atoms with van der Waals surface area (Å²) in [5.74, 6) is 66.5. The van der Waals surface area contributed by atoms with Gasteiger partial charge in [0.2, 0.25) is 0 Å². The Morgan fingerprint density at radius 1 is 0.612 bits per heavy atom. The Labute approximate surface area is 304 Å². The quantitative estimate of drug-likeness (QED) is 0.138. The fraction of sp³-hybridized carbons (Fsp3) is 0.571. The average molecular weight is 648 g/mol. The van der Waals surface area contributed by atoms with E-state index < -0.39 is 16.2 Å². The Kier molecular flexibility index (Phi) is 25.1. The van der Waals surface area contributed by atoms with Gasteiger partial charge in [0.05, 0.1) is 16.7 Å². The molecule has 0 fully saturated rings. The third kappa shape index (κ3) is 14.7. The lowest BCUT2D eigenvalue weighted by Crippen LogP contribution is -2.54. The van der Waals surface area contributed by atoms with E-state index >= 15 is 0 Å². The van der Waals surface area contributed by atoms with Gasteiger partial charge in [-0.15, -0.1) is 65.6 Å². The zero-order valence-electron chi connectivity index (χ0n) is 32.3. The topological polar surface area (TPSA) is 0 Å². The van der Waals surface area contributed by atoms with Crippen molar-refractivity contribution in [2.75, 3.05) is 0 Å². The SMILES string of the molecule is C#CCCCC(C#CC(C)C)([C](C#CCCCC)CC#CCCC)C(C#CCCC)(CC#CCC)C(C#CC#CC)(C#CCC)CC#CC. The molecule has 0 heteroatoms. The van der Waals surface area contributed by atoms with Crippen LogP contribution in [0.3, 0.4) is 0 Å². The van der Waals surface area contributed by atoms with Gasteiger partial charge in [0.1, 0.15) is 5.41 Å². The molecule has 0 rings (SSSR count). The van der Waals surface area contributed by atoms with Crippen LogP contribution in [0.4, 0.5) is 0 Å². The monoisotopic (exact) mass is 647 g/mol. The highest BCUT2D eigenvalue weighted by molar-refractivity contribution is 5.53. The predicted octanol–water partition coefficient (Wildman–Crippen LogP) is 10.8. The standard InChI is InChI=1S/C49H59/c1-11-19-27-29-35-46(36-30-28-20-12-2)48(41-32-22-14-4,44-37-45(9)10)49(42-33-23-15-5,43-34-24-16-6)47(38-25-17-7,39-26-18-8)40-31-21-13-3/h4,45H,11-12,15-17,19-20,22-23,27,32,36,39,41,43H2,1-3,5-10H3. The van der Waals surface area contributed by atoms with E-state index in [1.165, 1.54) is 0 Å². The molecule has 0 aromatic heterocycles. The lowest BCUT2D eigenvalue weighted by molar-refractivity contribution is 0.0836. The Bertz CT molecular complexity index is 1620. The largest absolute Gasteiger partial charge is 0.123 e. The summed E-state index contributed by atoms with van der Waals surface area (Å²) in [5.41, 5.74) is -3.01. The van der Waals surface area contributed by atoms with Crippen LogP contribution in [-0.4, -0.2) is 0 Å². The van der Waals surface area contributed by atoms with Crippen LogP contribution < -0.4 is 0 Å². The molecule has 49 heavy (non-hydrogen) atoms. The maximum atomic E-state index is 5.92. The van der Waals surface area contributed by atoms with Gasteiger partial charge in [-0.05, 0) is 57.8 Å². The molecule has 1 radical (unpaired) electrons. The third-order valence-electron chi connectivity index (χ3n) is 7.88. The van der Waals surface area contributed by atoms with Crippen LogP contribution in [-0.2, 0) is 0 Å². The third-order valence-corrected chi connectivity index (χ3v) is 7.88. The van der Waals surface area contributed by atoms with E-state index in [1.807, 2.05) is 6.92 Å². The molecular weight excluding hydrogens is 589 g/mol. The van der Waals surface area contributed by atoms with E-state index in [0.717, 1.165) is 50.9 Å². The second kappa shape index (κ2) is 27.5. The van der Waals surface area contributed by atoms with Crippen molar-refractivity contribution in [1.82, 2.24) is 0 Å². The average Bonchev–Trinajstić information content (AvgIpc) is 3.10. The van der Waals surface area contributed by atoms with E-state index in [2.05, 4.69) is 161 Å². The minimum atomic E-state index is -1.06. The predicted molar refractivity (Wildman–Crippen MR) is 213 cm³/mol. The van der Waals surface area contributed by atoms with E-state index in [9.17, 15) is 0 Å². The summed E-state index contributed by atoms with van der Waals surface area (Å²) < 4.78 is 0. The maximum Gasteiger partial charge on any atom is 0.123 e. The Morgan fingerprint density at radius 2 is 1.35 bits per heavy atom. The van der Waals surface area contributed by atoms with Crippen molar-refractivity contribution < 1.29 is 0 Å². The van der Waals surface area contributed by atoms with Crippen LogP contribution in [0.5, 0.6) is 0 Å². The number of terminal acetylenes is 1. The molecule has 0 amide bonds. The van der Waals surface area contributed by atoms with E-state index in [-0.39, 0.29) is 5.92 Å². The molecule has 0 nitrogen and oxygen atoms in total. The van der Waals surface area contributed by atoms with E-state index in [4.69, 9.17) is 6.42 Å². The molecule has 255 valence electrons. The van der Waals surface area contributed by atoms with E-state index in [0.29, 0.717) is 51.4 Å². The highest BCUT2D eigenvalue weighted by atomic mass is 14.6. The van der Waals surface area contributed by atoms with Crippen LogP contribution in [0.25, 0.3) is 0 Å². The van der Waals surface area contributed by atoms with Gasteiger partial charge in [-0.2, -0.15) is 0 Å². The van der Waals surface area contributed by atoms with E-state index in [1.54, 1.807) is 6.92 Å². The molecule has 0 N–H and O–H groups in total. The summed E-state index contributed by atoms with van der Waals surface area (Å²) in [6.07, 6.45) is 16.8. The molecule has 0 aliphatic heterocycles. The first-order valence-corrected chi connectivity index (χ1v) is 18.4. The van der Waals surface area contributed by atoms with Crippen LogP contribution >= 0.6 is 0 Å². The van der Waals surface area contributed by atoms with Crippen molar-refractivity contribution in [3.8, 4) is 119 Å². The summed E-state index contributed by atoms with van der Waals surface area (Å²) in [4.78, 5) is 0. The van der Waals surface area contributed by atoms with Gasteiger partial charge in [0.25, 0.3) is 0 Å². The van der Waals surface area contributed by atoms with Gasteiger partial charge in [-0.25, -0.2) is 0 Å². The van der Waals surface area contributed by atoms with Gasteiger partial charge in [-0.3, -0.25) is 0 Å². The molecule has 0 saturated heterocycles. The molecule has 0 bridgehead atoms. The van der Waals surface area contributed by atoms with Crippen LogP contribution in [0.2, 0.25) is 0 Å². The van der Waals surface area contributed by atoms with Crippen molar-refractivity contribution in [1.29, 1.82) is 0 Å². The van der Waals surface area contributed by atoms with Crippen LogP contribution in [0, 0.1) is 147 Å². The van der Waals surface area contributed by atoms with Gasteiger partial charge >= 0.3 is 0 Å².